The summed E-state index contributed by atoms with van der Waals surface area (Å²) in [4.78, 5) is 5.15. The molecular weight excluding hydrogens is 310 g/mol. The van der Waals surface area contributed by atoms with Crippen molar-refractivity contribution in [1.29, 1.82) is 0 Å². The smallest absolute Gasteiger partial charge is 0.0905 e. The van der Waals surface area contributed by atoms with Crippen LogP contribution in [0.4, 0.5) is 0 Å². The molecule has 2 aromatic heterocycles. The number of likely N-dealkylation sites (tertiary alicyclic amines) is 1. The lowest BCUT2D eigenvalue weighted by atomic mass is 9.86. The first-order valence-corrected chi connectivity index (χ1v) is 9.26. The van der Waals surface area contributed by atoms with Crippen LogP contribution >= 0.6 is 22.7 Å². The third-order valence-electron chi connectivity index (χ3n) is 4.37. The molecule has 2 atom stereocenters. The van der Waals surface area contributed by atoms with Gasteiger partial charge in [0.15, 0.2) is 0 Å². The van der Waals surface area contributed by atoms with Gasteiger partial charge in [-0.15, -0.1) is 22.7 Å². The quantitative estimate of drug-likeness (QED) is 0.834. The van der Waals surface area contributed by atoms with Crippen LogP contribution in [0.15, 0.2) is 45.7 Å². The SMILES string of the molecule is CN1C/C(=C\c2cccs2)C2=NN(C)C(c3cccs3)C2C1. The molecule has 0 amide bonds. The number of piperidine rings is 1. The lowest BCUT2D eigenvalue weighted by molar-refractivity contribution is 0.214. The number of rotatable bonds is 2. The second kappa shape index (κ2) is 5.65. The van der Waals surface area contributed by atoms with Gasteiger partial charge in [0.2, 0.25) is 0 Å². The first-order chi connectivity index (χ1) is 10.7. The molecule has 4 rings (SSSR count). The first-order valence-electron chi connectivity index (χ1n) is 7.50. The van der Waals surface area contributed by atoms with Gasteiger partial charge in [0, 0.05) is 35.8 Å². The molecule has 1 saturated heterocycles. The van der Waals surface area contributed by atoms with Gasteiger partial charge in [-0.2, -0.15) is 5.10 Å². The zero-order valence-corrected chi connectivity index (χ0v) is 14.4. The predicted octanol–water partition coefficient (Wildman–Crippen LogP) is 3.80. The summed E-state index contributed by atoms with van der Waals surface area (Å²) >= 11 is 3.63. The van der Waals surface area contributed by atoms with E-state index in [-0.39, 0.29) is 0 Å². The summed E-state index contributed by atoms with van der Waals surface area (Å²) in [6, 6.07) is 9.04. The van der Waals surface area contributed by atoms with Gasteiger partial charge < -0.3 is 4.90 Å². The van der Waals surface area contributed by atoms with Crippen molar-refractivity contribution in [3.05, 3.63) is 50.4 Å². The Kier molecular flexibility index (Phi) is 3.64. The molecule has 3 nitrogen and oxygen atoms in total. The van der Waals surface area contributed by atoms with E-state index in [1.54, 1.807) is 11.3 Å². The fourth-order valence-corrected chi connectivity index (χ4v) is 5.09. The van der Waals surface area contributed by atoms with E-state index in [0.29, 0.717) is 12.0 Å². The average molecular weight is 329 g/mol. The number of likely N-dealkylation sites (N-methyl/N-ethyl adjacent to an activating group) is 1. The van der Waals surface area contributed by atoms with Crippen LogP contribution in [0, 0.1) is 5.92 Å². The van der Waals surface area contributed by atoms with Crippen LogP contribution in [0.2, 0.25) is 0 Å². The van der Waals surface area contributed by atoms with Gasteiger partial charge in [-0.3, -0.25) is 5.01 Å². The normalized spacial score (nSPS) is 27.3. The fourth-order valence-electron chi connectivity index (χ4n) is 3.48. The summed E-state index contributed by atoms with van der Waals surface area (Å²) in [6.07, 6.45) is 2.32. The zero-order chi connectivity index (χ0) is 15.1. The molecule has 0 radical (unpaired) electrons. The van der Waals surface area contributed by atoms with Crippen LogP contribution in [-0.2, 0) is 0 Å². The standard InChI is InChI=1S/C17H19N3S2/c1-19-10-12(9-13-5-3-7-21-13)16-14(11-19)17(20(2)18-16)15-6-4-8-22-15/h3-9,14,17H,10-11H2,1-2H3/b12-9+. The van der Waals surface area contributed by atoms with E-state index >= 15 is 0 Å². The second-order valence-corrected chi connectivity index (χ2v) is 7.97. The number of fused-ring (bicyclic) bond motifs is 1. The highest BCUT2D eigenvalue weighted by Gasteiger charge is 2.41. The molecule has 22 heavy (non-hydrogen) atoms. The van der Waals surface area contributed by atoms with Crippen LogP contribution in [-0.4, -0.2) is 42.8 Å². The lowest BCUT2D eigenvalue weighted by Crippen LogP contribution is -2.41. The summed E-state index contributed by atoms with van der Waals surface area (Å²) < 4.78 is 0. The maximum Gasteiger partial charge on any atom is 0.0905 e. The van der Waals surface area contributed by atoms with Crippen molar-refractivity contribution in [2.24, 2.45) is 11.0 Å². The maximum absolute atomic E-state index is 4.91. The Morgan fingerprint density at radius 1 is 1.18 bits per heavy atom. The third kappa shape index (κ3) is 2.43. The molecule has 0 aliphatic carbocycles. The summed E-state index contributed by atoms with van der Waals surface area (Å²) in [5.41, 5.74) is 2.65. The van der Waals surface area contributed by atoms with Crippen molar-refractivity contribution in [3.8, 4) is 0 Å². The molecule has 4 heterocycles. The minimum atomic E-state index is 0.379. The van der Waals surface area contributed by atoms with Gasteiger partial charge in [-0.1, -0.05) is 12.1 Å². The Labute approximate surface area is 139 Å². The van der Waals surface area contributed by atoms with Crippen molar-refractivity contribution < 1.29 is 0 Å². The van der Waals surface area contributed by atoms with E-state index in [9.17, 15) is 0 Å². The van der Waals surface area contributed by atoms with Gasteiger partial charge in [-0.25, -0.2) is 0 Å². The Morgan fingerprint density at radius 2 is 2.00 bits per heavy atom. The zero-order valence-electron chi connectivity index (χ0n) is 12.8. The summed E-state index contributed by atoms with van der Waals surface area (Å²) in [7, 11) is 4.32. The van der Waals surface area contributed by atoms with Crippen molar-refractivity contribution in [1.82, 2.24) is 9.91 Å². The van der Waals surface area contributed by atoms with E-state index in [4.69, 9.17) is 5.10 Å². The highest BCUT2D eigenvalue weighted by atomic mass is 32.1. The van der Waals surface area contributed by atoms with E-state index in [2.05, 4.69) is 65.1 Å². The molecule has 2 aliphatic rings. The predicted molar refractivity (Wildman–Crippen MR) is 95.5 cm³/mol. The minimum absolute atomic E-state index is 0.379. The molecule has 5 heteroatoms. The minimum Gasteiger partial charge on any atom is -0.301 e. The molecule has 2 aromatic rings. The third-order valence-corrected chi connectivity index (χ3v) is 6.13. The first kappa shape index (κ1) is 14.2. The molecule has 114 valence electrons. The van der Waals surface area contributed by atoms with Crippen molar-refractivity contribution >= 4 is 34.5 Å². The molecule has 2 aliphatic heterocycles. The van der Waals surface area contributed by atoms with E-state index in [0.717, 1.165) is 13.1 Å². The number of nitrogens with zero attached hydrogens (tertiary/aromatic N) is 3. The number of hydrazone groups is 1. The van der Waals surface area contributed by atoms with Crippen molar-refractivity contribution in [2.75, 3.05) is 27.2 Å². The molecule has 0 bridgehead atoms. The Morgan fingerprint density at radius 3 is 2.73 bits per heavy atom. The monoisotopic (exact) mass is 329 g/mol. The summed E-state index contributed by atoms with van der Waals surface area (Å²) in [6.45, 7) is 2.06. The van der Waals surface area contributed by atoms with Gasteiger partial charge >= 0.3 is 0 Å². The average Bonchev–Trinajstić information content (AvgIpc) is 3.18. The molecular formula is C17H19N3S2. The molecule has 0 N–H and O–H groups in total. The van der Waals surface area contributed by atoms with Gasteiger partial charge in [0.05, 0.1) is 11.8 Å². The number of hydrogen-bond donors (Lipinski definition) is 0. The maximum atomic E-state index is 4.91. The van der Waals surface area contributed by atoms with Gasteiger partial charge in [0.25, 0.3) is 0 Å². The number of thiophene rings is 2. The fraction of sp³-hybridized carbons (Fsp3) is 0.353. The van der Waals surface area contributed by atoms with Crippen LogP contribution in [0.1, 0.15) is 15.8 Å². The van der Waals surface area contributed by atoms with Crippen LogP contribution in [0.5, 0.6) is 0 Å². The Bertz CT molecular complexity index is 700. The Balaban J connectivity index is 1.71. The van der Waals surface area contributed by atoms with Crippen LogP contribution < -0.4 is 0 Å². The van der Waals surface area contributed by atoms with E-state index in [1.165, 1.54) is 21.0 Å². The van der Waals surface area contributed by atoms with E-state index < -0.39 is 0 Å². The Hall–Kier alpha value is -1.43. The van der Waals surface area contributed by atoms with Crippen LogP contribution in [0.25, 0.3) is 6.08 Å². The van der Waals surface area contributed by atoms with Crippen LogP contribution in [0.3, 0.4) is 0 Å². The molecule has 0 aromatic carbocycles. The topological polar surface area (TPSA) is 18.8 Å². The molecule has 0 spiro atoms. The van der Waals surface area contributed by atoms with Crippen molar-refractivity contribution in [3.63, 3.8) is 0 Å². The van der Waals surface area contributed by atoms with E-state index in [1.807, 2.05) is 11.3 Å². The van der Waals surface area contributed by atoms with Gasteiger partial charge in [-0.05, 0) is 41.6 Å². The second-order valence-electron chi connectivity index (χ2n) is 6.01. The van der Waals surface area contributed by atoms with Crippen molar-refractivity contribution in [2.45, 2.75) is 6.04 Å². The summed E-state index contributed by atoms with van der Waals surface area (Å²) in [5, 5.41) is 11.4. The number of hydrogen-bond acceptors (Lipinski definition) is 5. The summed E-state index contributed by atoms with van der Waals surface area (Å²) in [5.74, 6) is 0.466. The van der Waals surface area contributed by atoms with Gasteiger partial charge in [0.1, 0.15) is 0 Å². The highest BCUT2D eigenvalue weighted by molar-refractivity contribution is 7.11. The largest absolute Gasteiger partial charge is 0.301 e. The molecule has 2 unspecified atom stereocenters. The molecule has 1 fully saturated rings. The highest BCUT2D eigenvalue weighted by Crippen LogP contribution is 2.41. The molecule has 0 saturated carbocycles. The lowest BCUT2D eigenvalue weighted by Gasteiger charge is -2.33.